The standard InChI is InChI=1S/C25H29BN5O2/c32-25(33)16-13-28-24(29-14-16)23-20-10-4-2-1-3-9-19(20)22(30-31-23)21-12-11-18(15-27-21)26-17-7-5-6-8-17/h11-15,17,20,30H,1-10H2,(H,32,33). The van der Waals surface area contributed by atoms with Gasteiger partial charge in [-0.15, -0.1) is 0 Å². The molecule has 1 unspecified atom stereocenters. The van der Waals surface area contributed by atoms with Crippen molar-refractivity contribution < 1.29 is 9.90 Å². The first-order chi connectivity index (χ1) is 16.2. The number of allylic oxidation sites excluding steroid dienone is 1. The average Bonchev–Trinajstić information content (AvgIpc) is 3.33. The van der Waals surface area contributed by atoms with Gasteiger partial charge >= 0.3 is 5.97 Å². The summed E-state index contributed by atoms with van der Waals surface area (Å²) in [4.78, 5) is 24.6. The van der Waals surface area contributed by atoms with E-state index in [-0.39, 0.29) is 11.5 Å². The van der Waals surface area contributed by atoms with E-state index in [1.165, 1.54) is 62.0 Å². The van der Waals surface area contributed by atoms with Crippen LogP contribution in [0.25, 0.3) is 5.70 Å². The third kappa shape index (κ3) is 4.84. The Kier molecular flexibility index (Phi) is 6.51. The lowest BCUT2D eigenvalue weighted by Crippen LogP contribution is -2.31. The maximum absolute atomic E-state index is 11.2. The second-order valence-electron chi connectivity index (χ2n) is 9.30. The van der Waals surface area contributed by atoms with E-state index in [0.717, 1.165) is 42.8 Å². The van der Waals surface area contributed by atoms with E-state index in [0.29, 0.717) is 11.6 Å². The Hall–Kier alpha value is -3.03. The minimum atomic E-state index is -1.03. The predicted octanol–water partition coefficient (Wildman–Crippen LogP) is 3.95. The number of aromatic nitrogens is 3. The first-order valence-electron chi connectivity index (χ1n) is 12.1. The van der Waals surface area contributed by atoms with Gasteiger partial charge in [-0.3, -0.25) is 10.4 Å². The number of pyridine rings is 1. The molecule has 0 saturated heterocycles. The SMILES string of the molecule is O=C(O)c1cnc(C2=NNC(c3ccc([B]C4CCCC4)cn3)=C3CCCCCCC23)nc1. The van der Waals surface area contributed by atoms with Gasteiger partial charge in [0.15, 0.2) is 13.1 Å². The summed E-state index contributed by atoms with van der Waals surface area (Å²) < 4.78 is 0. The highest BCUT2D eigenvalue weighted by atomic mass is 16.4. The van der Waals surface area contributed by atoms with E-state index in [4.69, 9.17) is 10.1 Å². The molecule has 2 saturated carbocycles. The fourth-order valence-corrected chi connectivity index (χ4v) is 5.28. The summed E-state index contributed by atoms with van der Waals surface area (Å²) in [5.41, 5.74) is 8.55. The maximum Gasteiger partial charge on any atom is 0.338 e. The Morgan fingerprint density at radius 3 is 2.42 bits per heavy atom. The third-order valence-electron chi connectivity index (χ3n) is 7.05. The van der Waals surface area contributed by atoms with Gasteiger partial charge < -0.3 is 5.11 Å². The van der Waals surface area contributed by atoms with Crippen LogP contribution in [0.1, 0.15) is 86.1 Å². The molecule has 7 nitrogen and oxygen atoms in total. The van der Waals surface area contributed by atoms with Gasteiger partial charge in [-0.2, -0.15) is 5.10 Å². The van der Waals surface area contributed by atoms with Crippen LogP contribution in [0, 0.1) is 5.92 Å². The normalized spacial score (nSPS) is 21.5. The van der Waals surface area contributed by atoms with Crippen molar-refractivity contribution >= 4 is 30.1 Å². The first-order valence-corrected chi connectivity index (χ1v) is 12.1. The minimum Gasteiger partial charge on any atom is -0.478 e. The first kappa shape index (κ1) is 21.8. The molecule has 8 heteroatoms. The molecule has 2 fully saturated rings. The lowest BCUT2D eigenvalue weighted by molar-refractivity contribution is 0.0696. The van der Waals surface area contributed by atoms with Gasteiger partial charge in [-0.25, -0.2) is 14.8 Å². The molecule has 2 N–H and O–H groups in total. The summed E-state index contributed by atoms with van der Waals surface area (Å²) in [5.74, 6) is 0.258. The number of fused-ring (bicyclic) bond motifs is 1. The van der Waals surface area contributed by atoms with Crippen molar-refractivity contribution in [2.24, 2.45) is 11.0 Å². The number of carboxylic acids is 1. The van der Waals surface area contributed by atoms with Crippen molar-refractivity contribution in [3.05, 3.63) is 53.4 Å². The Morgan fingerprint density at radius 2 is 1.70 bits per heavy atom. The molecule has 0 aromatic carbocycles. The quantitative estimate of drug-likeness (QED) is 0.681. The number of nitrogens with one attached hydrogen (secondary N) is 1. The molecule has 0 spiro atoms. The smallest absolute Gasteiger partial charge is 0.338 e. The summed E-state index contributed by atoms with van der Waals surface area (Å²) in [5, 5.41) is 13.8. The Morgan fingerprint density at radius 1 is 0.939 bits per heavy atom. The molecule has 1 radical (unpaired) electrons. The van der Waals surface area contributed by atoms with Crippen LogP contribution in [0.3, 0.4) is 0 Å². The molecule has 1 atom stereocenters. The molecule has 169 valence electrons. The van der Waals surface area contributed by atoms with Gasteiger partial charge in [0, 0.05) is 24.5 Å². The van der Waals surface area contributed by atoms with Crippen LogP contribution in [0.15, 0.2) is 41.4 Å². The van der Waals surface area contributed by atoms with Gasteiger partial charge in [-0.05, 0) is 30.9 Å². The molecule has 2 aromatic rings. The van der Waals surface area contributed by atoms with E-state index in [1.54, 1.807) is 0 Å². The molecule has 2 aliphatic carbocycles. The van der Waals surface area contributed by atoms with E-state index in [9.17, 15) is 4.79 Å². The lowest BCUT2D eigenvalue weighted by atomic mass is 9.59. The van der Waals surface area contributed by atoms with Crippen LogP contribution >= 0.6 is 0 Å². The average molecular weight is 442 g/mol. The Bertz CT molecular complexity index is 1060. The van der Waals surface area contributed by atoms with Gasteiger partial charge in [0.1, 0.15) is 5.71 Å². The Labute approximate surface area is 195 Å². The van der Waals surface area contributed by atoms with Gasteiger partial charge in [0.25, 0.3) is 0 Å². The van der Waals surface area contributed by atoms with Crippen LogP contribution in [-0.2, 0) is 0 Å². The summed E-state index contributed by atoms with van der Waals surface area (Å²) >= 11 is 0. The monoisotopic (exact) mass is 442 g/mol. The molecular formula is C25H29BN5O2. The van der Waals surface area contributed by atoms with Crippen molar-refractivity contribution in [3.63, 3.8) is 0 Å². The van der Waals surface area contributed by atoms with Crippen LogP contribution < -0.4 is 10.9 Å². The number of aromatic carboxylic acids is 1. The third-order valence-corrected chi connectivity index (χ3v) is 7.05. The largest absolute Gasteiger partial charge is 0.478 e. The highest BCUT2D eigenvalue weighted by molar-refractivity contribution is 6.54. The number of rotatable bonds is 5. The summed E-state index contributed by atoms with van der Waals surface area (Å²) in [6.45, 7) is 0. The van der Waals surface area contributed by atoms with E-state index < -0.39 is 5.97 Å². The van der Waals surface area contributed by atoms with E-state index >= 15 is 0 Å². The minimum absolute atomic E-state index is 0.0796. The van der Waals surface area contributed by atoms with Gasteiger partial charge in [0.2, 0.25) is 0 Å². The van der Waals surface area contributed by atoms with Crippen molar-refractivity contribution in [2.75, 3.05) is 0 Å². The summed E-state index contributed by atoms with van der Waals surface area (Å²) in [6.07, 6.45) is 16.6. The van der Waals surface area contributed by atoms with Gasteiger partial charge in [0.05, 0.1) is 17.0 Å². The molecule has 0 amide bonds. The number of hydrogen-bond acceptors (Lipinski definition) is 6. The Balaban J connectivity index is 1.42. The zero-order chi connectivity index (χ0) is 22.6. The van der Waals surface area contributed by atoms with Crippen LogP contribution in [0.5, 0.6) is 0 Å². The van der Waals surface area contributed by atoms with Crippen LogP contribution in [0.4, 0.5) is 0 Å². The fourth-order valence-electron chi connectivity index (χ4n) is 5.28. The molecule has 5 rings (SSSR count). The lowest BCUT2D eigenvalue weighted by Gasteiger charge is -2.30. The number of hydrogen-bond donors (Lipinski definition) is 2. The van der Waals surface area contributed by atoms with Crippen molar-refractivity contribution in [3.8, 4) is 0 Å². The van der Waals surface area contributed by atoms with Crippen molar-refractivity contribution in [1.29, 1.82) is 0 Å². The zero-order valence-electron chi connectivity index (χ0n) is 18.8. The summed E-state index contributed by atoms with van der Waals surface area (Å²) in [7, 11) is 2.36. The molecule has 3 heterocycles. The topological polar surface area (TPSA) is 100 Å². The molecule has 1 aliphatic heterocycles. The molecule has 33 heavy (non-hydrogen) atoms. The van der Waals surface area contributed by atoms with Crippen molar-refractivity contribution in [2.45, 2.75) is 70.0 Å². The molecule has 2 aromatic heterocycles. The van der Waals surface area contributed by atoms with Crippen molar-refractivity contribution in [1.82, 2.24) is 20.4 Å². The number of hydrazone groups is 1. The number of carbonyl (C=O) groups is 1. The maximum atomic E-state index is 11.2. The van der Waals surface area contributed by atoms with Crippen LogP contribution in [-0.4, -0.2) is 39.0 Å². The summed E-state index contributed by atoms with van der Waals surface area (Å²) in [6, 6.07) is 4.27. The number of carboxylic acid groups (broad SMARTS) is 1. The fraction of sp³-hybridized carbons (Fsp3) is 0.480. The van der Waals surface area contributed by atoms with Gasteiger partial charge in [-0.1, -0.05) is 62.3 Å². The zero-order valence-corrected chi connectivity index (χ0v) is 18.8. The van der Waals surface area contributed by atoms with E-state index in [2.05, 4.69) is 39.9 Å². The molecule has 3 aliphatic rings. The highest BCUT2D eigenvalue weighted by Gasteiger charge is 2.31. The molecular weight excluding hydrogens is 413 g/mol. The van der Waals surface area contributed by atoms with Crippen LogP contribution in [0.2, 0.25) is 5.82 Å². The van der Waals surface area contributed by atoms with E-state index in [1.807, 2.05) is 6.20 Å². The second kappa shape index (κ2) is 9.85. The number of nitrogens with zero attached hydrogens (tertiary/aromatic N) is 4. The predicted molar refractivity (Wildman–Crippen MR) is 129 cm³/mol. The molecule has 0 bridgehead atoms. The highest BCUT2D eigenvalue weighted by Crippen LogP contribution is 2.36. The second-order valence-corrected chi connectivity index (χ2v) is 9.30.